The lowest BCUT2D eigenvalue weighted by Crippen LogP contribution is -2.16. The van der Waals surface area contributed by atoms with Crippen LogP contribution in [0, 0.1) is 7.05 Å². The van der Waals surface area contributed by atoms with E-state index in [9.17, 15) is 8.42 Å². The van der Waals surface area contributed by atoms with Crippen LogP contribution >= 0.6 is 15.9 Å². The minimum atomic E-state index is -3.47. The molecule has 0 spiro atoms. The standard InChI is InChI=1S/C6H6BrN2O2S/c1-8-12(10,11)6-2-5(7)3-9-4-6/h2-4,8H,1H2. The Hall–Kier alpha value is -0.460. The molecule has 65 valence electrons. The fourth-order valence-electron chi connectivity index (χ4n) is 0.623. The third-order valence-electron chi connectivity index (χ3n) is 1.18. The van der Waals surface area contributed by atoms with E-state index in [1.807, 2.05) is 4.72 Å². The first kappa shape index (κ1) is 9.63. The summed E-state index contributed by atoms with van der Waals surface area (Å²) >= 11 is 3.11. The lowest BCUT2D eigenvalue weighted by molar-refractivity contribution is 0.590. The van der Waals surface area contributed by atoms with E-state index >= 15 is 0 Å². The van der Waals surface area contributed by atoms with Crippen LogP contribution in [-0.2, 0) is 10.0 Å². The van der Waals surface area contributed by atoms with Gasteiger partial charge in [-0.2, -0.15) is 0 Å². The summed E-state index contributed by atoms with van der Waals surface area (Å²) in [6, 6.07) is 1.44. The molecule has 0 saturated carbocycles. The Morgan fingerprint density at radius 3 is 2.67 bits per heavy atom. The van der Waals surface area contributed by atoms with Gasteiger partial charge in [0.15, 0.2) is 0 Å². The number of rotatable bonds is 2. The summed E-state index contributed by atoms with van der Waals surface area (Å²) in [6.07, 6.45) is 2.75. The number of pyridine rings is 1. The molecule has 0 aromatic carbocycles. The summed E-state index contributed by atoms with van der Waals surface area (Å²) in [5, 5.41) is 0. The molecule has 1 radical (unpaired) electrons. The van der Waals surface area contributed by atoms with Gasteiger partial charge in [0.1, 0.15) is 4.90 Å². The largest absolute Gasteiger partial charge is 0.262 e. The molecule has 1 heterocycles. The van der Waals surface area contributed by atoms with Gasteiger partial charge in [0.05, 0.1) is 0 Å². The van der Waals surface area contributed by atoms with Crippen molar-refractivity contribution in [3.05, 3.63) is 30.0 Å². The monoisotopic (exact) mass is 249 g/mol. The van der Waals surface area contributed by atoms with Gasteiger partial charge in [0.25, 0.3) is 0 Å². The number of hydrogen-bond donors (Lipinski definition) is 1. The van der Waals surface area contributed by atoms with Crippen LogP contribution < -0.4 is 4.72 Å². The molecule has 1 rings (SSSR count). The Morgan fingerprint density at radius 2 is 2.17 bits per heavy atom. The Morgan fingerprint density at radius 1 is 1.50 bits per heavy atom. The predicted octanol–water partition coefficient (Wildman–Crippen LogP) is 0.914. The fourth-order valence-corrected chi connectivity index (χ4v) is 1.79. The molecule has 6 heteroatoms. The van der Waals surface area contributed by atoms with E-state index in [1.54, 1.807) is 0 Å². The Labute approximate surface area is 79.2 Å². The zero-order valence-corrected chi connectivity index (χ0v) is 8.39. The normalized spacial score (nSPS) is 11.5. The molecule has 1 N–H and O–H groups in total. The fraction of sp³-hybridized carbons (Fsp3) is 0. The van der Waals surface area contributed by atoms with Gasteiger partial charge < -0.3 is 0 Å². The summed E-state index contributed by atoms with van der Waals surface area (Å²) in [6.45, 7) is 0. The zero-order chi connectivity index (χ0) is 9.19. The summed E-state index contributed by atoms with van der Waals surface area (Å²) < 4.78 is 24.8. The predicted molar refractivity (Wildman–Crippen MR) is 47.6 cm³/mol. The van der Waals surface area contributed by atoms with E-state index in [1.165, 1.54) is 18.5 Å². The van der Waals surface area contributed by atoms with Crippen LogP contribution in [-0.4, -0.2) is 13.4 Å². The molecule has 0 aliphatic heterocycles. The topological polar surface area (TPSA) is 59.1 Å². The van der Waals surface area contributed by atoms with Crippen molar-refractivity contribution in [1.29, 1.82) is 0 Å². The highest BCUT2D eigenvalue weighted by Crippen LogP contribution is 2.13. The lowest BCUT2D eigenvalue weighted by Gasteiger charge is -2.00. The minimum Gasteiger partial charge on any atom is -0.262 e. The second-order valence-corrected chi connectivity index (χ2v) is 4.67. The van der Waals surface area contributed by atoms with Gasteiger partial charge in [0, 0.05) is 23.9 Å². The van der Waals surface area contributed by atoms with Crippen molar-refractivity contribution in [2.45, 2.75) is 4.90 Å². The highest BCUT2D eigenvalue weighted by atomic mass is 79.9. The molecular weight excluding hydrogens is 244 g/mol. The van der Waals surface area contributed by atoms with Crippen LogP contribution in [0.2, 0.25) is 0 Å². The van der Waals surface area contributed by atoms with Gasteiger partial charge in [0.2, 0.25) is 10.0 Å². The van der Waals surface area contributed by atoms with Crippen molar-refractivity contribution in [2.24, 2.45) is 0 Å². The van der Waals surface area contributed by atoms with Gasteiger partial charge in [-0.15, -0.1) is 0 Å². The molecule has 0 amide bonds. The van der Waals surface area contributed by atoms with Crippen LogP contribution in [0.3, 0.4) is 0 Å². The minimum absolute atomic E-state index is 0.0897. The van der Waals surface area contributed by atoms with Gasteiger partial charge >= 0.3 is 0 Å². The van der Waals surface area contributed by atoms with Crippen LogP contribution in [0.4, 0.5) is 0 Å². The van der Waals surface area contributed by atoms with Crippen LogP contribution in [0.15, 0.2) is 27.8 Å². The Bertz CT molecular complexity index is 377. The van der Waals surface area contributed by atoms with E-state index in [2.05, 4.69) is 28.0 Å². The quantitative estimate of drug-likeness (QED) is 0.848. The van der Waals surface area contributed by atoms with Crippen molar-refractivity contribution >= 4 is 26.0 Å². The summed E-state index contributed by atoms with van der Waals surface area (Å²) in [4.78, 5) is 3.79. The van der Waals surface area contributed by atoms with E-state index in [-0.39, 0.29) is 4.90 Å². The zero-order valence-electron chi connectivity index (χ0n) is 5.99. The summed E-state index contributed by atoms with van der Waals surface area (Å²) in [7, 11) is -0.392. The molecule has 4 nitrogen and oxygen atoms in total. The average Bonchev–Trinajstić information content (AvgIpc) is 2.05. The van der Waals surface area contributed by atoms with Crippen LogP contribution in [0.25, 0.3) is 0 Å². The molecule has 1 aromatic rings. The molecule has 1 aromatic heterocycles. The average molecular weight is 250 g/mol. The number of aromatic nitrogens is 1. The summed E-state index contributed by atoms with van der Waals surface area (Å²) in [5.41, 5.74) is 0. The number of hydrogen-bond acceptors (Lipinski definition) is 3. The first-order chi connectivity index (χ1) is 5.56. The molecule has 0 bridgehead atoms. The van der Waals surface area contributed by atoms with E-state index in [4.69, 9.17) is 0 Å². The third-order valence-corrected chi connectivity index (χ3v) is 2.84. The maximum absolute atomic E-state index is 11.1. The number of halogens is 1. The number of sulfonamides is 1. The highest BCUT2D eigenvalue weighted by molar-refractivity contribution is 9.10. The Kier molecular flexibility index (Phi) is 2.81. The van der Waals surface area contributed by atoms with Crippen molar-refractivity contribution in [2.75, 3.05) is 0 Å². The Balaban J connectivity index is 3.21. The van der Waals surface area contributed by atoms with E-state index in [0.29, 0.717) is 4.47 Å². The molecule has 0 aliphatic rings. The second kappa shape index (κ2) is 3.51. The molecule has 0 fully saturated rings. The van der Waals surface area contributed by atoms with E-state index in [0.717, 1.165) is 0 Å². The first-order valence-electron chi connectivity index (χ1n) is 2.96. The SMILES string of the molecule is [CH2]NS(=O)(=O)c1cncc(Br)c1. The van der Waals surface area contributed by atoms with Crippen molar-refractivity contribution in [3.63, 3.8) is 0 Å². The van der Waals surface area contributed by atoms with Crippen LogP contribution in [0.5, 0.6) is 0 Å². The molecule has 0 unspecified atom stereocenters. The molecule has 0 aliphatic carbocycles. The van der Waals surface area contributed by atoms with Gasteiger partial charge in [-0.1, -0.05) is 0 Å². The third kappa shape index (κ3) is 2.02. The lowest BCUT2D eigenvalue weighted by atomic mass is 10.5. The molecular formula is C6H6BrN2O2S. The number of nitrogens with zero attached hydrogens (tertiary/aromatic N) is 1. The maximum atomic E-state index is 11.1. The van der Waals surface area contributed by atoms with Gasteiger partial charge in [-0.25, -0.2) is 13.1 Å². The smallest absolute Gasteiger partial charge is 0.242 e. The van der Waals surface area contributed by atoms with E-state index < -0.39 is 10.0 Å². The summed E-state index contributed by atoms with van der Waals surface area (Å²) in [5.74, 6) is 0. The first-order valence-corrected chi connectivity index (χ1v) is 5.23. The van der Waals surface area contributed by atoms with Gasteiger partial charge in [-0.3, -0.25) is 4.98 Å². The highest BCUT2D eigenvalue weighted by Gasteiger charge is 2.11. The van der Waals surface area contributed by atoms with Crippen molar-refractivity contribution in [1.82, 2.24) is 9.71 Å². The molecule has 12 heavy (non-hydrogen) atoms. The maximum Gasteiger partial charge on any atom is 0.242 e. The molecule has 0 saturated heterocycles. The van der Waals surface area contributed by atoms with Crippen LogP contribution in [0.1, 0.15) is 0 Å². The van der Waals surface area contributed by atoms with Crippen molar-refractivity contribution < 1.29 is 8.42 Å². The second-order valence-electron chi connectivity index (χ2n) is 1.99. The molecule has 0 atom stereocenters. The number of nitrogens with one attached hydrogen (secondary N) is 1. The van der Waals surface area contributed by atoms with Crippen molar-refractivity contribution in [3.8, 4) is 0 Å². The van der Waals surface area contributed by atoms with Gasteiger partial charge in [-0.05, 0) is 22.0 Å².